The molecule has 2 N–H and O–H groups in total. The molecule has 2 aromatic carbocycles. The highest BCUT2D eigenvalue weighted by atomic mass is 16.5. The van der Waals surface area contributed by atoms with E-state index in [0.29, 0.717) is 28.2 Å². The van der Waals surface area contributed by atoms with Crippen LogP contribution in [0.15, 0.2) is 57.7 Å². The number of benzene rings is 2. The van der Waals surface area contributed by atoms with Gasteiger partial charge in [-0.2, -0.15) is 0 Å². The van der Waals surface area contributed by atoms with Crippen molar-refractivity contribution in [3.8, 4) is 17.2 Å². The van der Waals surface area contributed by atoms with Gasteiger partial charge < -0.3 is 19.2 Å². The molecule has 3 aromatic rings. The topological polar surface area (TPSA) is 82.4 Å². The Kier molecular flexibility index (Phi) is 4.64. The molecule has 1 aliphatic rings. The first-order valence-corrected chi connectivity index (χ1v) is 8.97. The van der Waals surface area contributed by atoms with Crippen LogP contribution in [0.4, 0.5) is 0 Å². The van der Waals surface area contributed by atoms with E-state index in [9.17, 15) is 9.59 Å². The van der Waals surface area contributed by atoms with Crippen LogP contribution >= 0.6 is 0 Å². The summed E-state index contributed by atoms with van der Waals surface area (Å²) in [6.45, 7) is 2.61. The molecular formula is C21H20NO5+. The maximum Gasteiger partial charge on any atom is 0.370 e. The van der Waals surface area contributed by atoms with Gasteiger partial charge in [-0.15, -0.1) is 0 Å². The number of fused-ring (bicyclic) bond motifs is 1. The largest absolute Gasteiger partial charge is 0.457 e. The molecule has 2 heterocycles. The Bertz CT molecular complexity index is 1040. The van der Waals surface area contributed by atoms with Crippen molar-refractivity contribution in [2.75, 3.05) is 6.54 Å². The van der Waals surface area contributed by atoms with Crippen LogP contribution in [-0.4, -0.2) is 18.6 Å². The number of aryl methyl sites for hydroxylation is 1. The van der Waals surface area contributed by atoms with Gasteiger partial charge in [0.1, 0.15) is 22.8 Å². The zero-order valence-electron chi connectivity index (χ0n) is 14.9. The normalized spacial score (nSPS) is 16.4. The Balaban J connectivity index is 1.64. The molecule has 0 spiro atoms. The Morgan fingerprint density at radius 2 is 1.96 bits per heavy atom. The number of hydrogen-bond donors (Lipinski definition) is 1. The lowest BCUT2D eigenvalue weighted by atomic mass is 10.2. The minimum atomic E-state index is -0.269. The second-order valence-corrected chi connectivity index (χ2v) is 6.58. The third-order valence-corrected chi connectivity index (χ3v) is 4.64. The van der Waals surface area contributed by atoms with Crippen LogP contribution < -0.4 is 20.2 Å². The molecule has 1 fully saturated rings. The summed E-state index contributed by atoms with van der Waals surface area (Å²) in [6.07, 6.45) is 1.83. The fourth-order valence-corrected chi connectivity index (χ4v) is 3.24. The van der Waals surface area contributed by atoms with Crippen molar-refractivity contribution in [3.63, 3.8) is 0 Å². The molecule has 138 valence electrons. The number of carbonyl (C=O) groups is 1. The lowest BCUT2D eigenvalue weighted by Crippen LogP contribution is -2.88. The van der Waals surface area contributed by atoms with E-state index >= 15 is 0 Å². The molecule has 27 heavy (non-hydrogen) atoms. The van der Waals surface area contributed by atoms with Crippen LogP contribution in [0.25, 0.3) is 11.0 Å². The lowest BCUT2D eigenvalue weighted by molar-refractivity contribution is -0.658. The Morgan fingerprint density at radius 3 is 2.70 bits per heavy atom. The number of para-hydroxylation sites is 1. The third kappa shape index (κ3) is 3.57. The molecule has 0 unspecified atom stereocenters. The van der Waals surface area contributed by atoms with Gasteiger partial charge in [0, 0.05) is 18.9 Å². The summed E-state index contributed by atoms with van der Waals surface area (Å²) in [5.41, 5.74) is 0.0956. The van der Waals surface area contributed by atoms with E-state index in [0.717, 1.165) is 19.4 Å². The standard InChI is InChI=1S/C21H19NO5/c1-13-20(26-14-6-3-2-4-7-14)19(23)16-10-9-15(12-18(16)25-13)27-21(24)17-8-5-11-22-17/h2-4,6-7,9-10,12,17,22H,5,8,11H2,1H3/p+1/t17-/m1/s1. The number of ether oxygens (including phenoxy) is 2. The quantitative estimate of drug-likeness (QED) is 0.567. The molecule has 6 nitrogen and oxygen atoms in total. The van der Waals surface area contributed by atoms with Crippen LogP contribution in [0.3, 0.4) is 0 Å². The summed E-state index contributed by atoms with van der Waals surface area (Å²) in [5.74, 6) is 1.18. The summed E-state index contributed by atoms with van der Waals surface area (Å²) >= 11 is 0. The molecule has 1 aliphatic heterocycles. The van der Waals surface area contributed by atoms with Gasteiger partial charge in [-0.25, -0.2) is 4.79 Å². The SMILES string of the molecule is Cc1oc2cc(OC(=O)[C@H]3CCC[NH2+]3)ccc2c(=O)c1Oc1ccccc1. The highest BCUT2D eigenvalue weighted by Crippen LogP contribution is 2.27. The van der Waals surface area contributed by atoms with E-state index < -0.39 is 0 Å². The van der Waals surface area contributed by atoms with Crippen LogP contribution in [0.2, 0.25) is 0 Å². The van der Waals surface area contributed by atoms with E-state index in [2.05, 4.69) is 0 Å². The monoisotopic (exact) mass is 366 g/mol. The summed E-state index contributed by atoms with van der Waals surface area (Å²) in [7, 11) is 0. The summed E-state index contributed by atoms with van der Waals surface area (Å²) in [6, 6.07) is 13.7. The minimum Gasteiger partial charge on any atom is -0.457 e. The number of rotatable bonds is 4. The number of carbonyl (C=O) groups excluding carboxylic acids is 1. The van der Waals surface area contributed by atoms with E-state index in [1.165, 1.54) is 0 Å². The molecule has 0 saturated carbocycles. The number of esters is 1. The van der Waals surface area contributed by atoms with Crippen molar-refractivity contribution in [1.82, 2.24) is 0 Å². The van der Waals surface area contributed by atoms with Crippen LogP contribution in [0.1, 0.15) is 18.6 Å². The summed E-state index contributed by atoms with van der Waals surface area (Å²) < 4.78 is 16.9. The van der Waals surface area contributed by atoms with Crippen LogP contribution in [-0.2, 0) is 4.79 Å². The van der Waals surface area contributed by atoms with E-state index in [1.807, 2.05) is 23.5 Å². The predicted molar refractivity (Wildman–Crippen MR) is 99.2 cm³/mol. The maximum atomic E-state index is 12.8. The minimum absolute atomic E-state index is 0.152. The van der Waals surface area contributed by atoms with Crippen molar-refractivity contribution in [3.05, 3.63) is 64.5 Å². The van der Waals surface area contributed by atoms with Crippen LogP contribution in [0, 0.1) is 6.92 Å². The molecule has 1 saturated heterocycles. The van der Waals surface area contributed by atoms with Crippen LogP contribution in [0.5, 0.6) is 17.2 Å². The van der Waals surface area contributed by atoms with Gasteiger partial charge in [0.05, 0.1) is 11.9 Å². The van der Waals surface area contributed by atoms with Gasteiger partial charge in [0.25, 0.3) is 0 Å². The van der Waals surface area contributed by atoms with Gasteiger partial charge in [0.15, 0.2) is 6.04 Å². The molecule has 0 bridgehead atoms. The van der Waals surface area contributed by atoms with Gasteiger partial charge >= 0.3 is 5.97 Å². The van der Waals surface area contributed by atoms with Crippen molar-refractivity contribution in [1.29, 1.82) is 0 Å². The average molecular weight is 366 g/mol. The first kappa shape index (κ1) is 17.3. The van der Waals surface area contributed by atoms with Gasteiger partial charge in [-0.05, 0) is 31.2 Å². The second kappa shape index (κ2) is 7.25. The molecule has 1 atom stereocenters. The molecule has 0 amide bonds. The fourth-order valence-electron chi connectivity index (χ4n) is 3.24. The Hall–Kier alpha value is -3.12. The van der Waals surface area contributed by atoms with E-state index in [1.54, 1.807) is 37.3 Å². The van der Waals surface area contributed by atoms with E-state index in [4.69, 9.17) is 13.9 Å². The average Bonchev–Trinajstić information content (AvgIpc) is 3.21. The Labute approximate surface area is 155 Å². The van der Waals surface area contributed by atoms with Gasteiger partial charge in [0.2, 0.25) is 11.2 Å². The molecular weight excluding hydrogens is 346 g/mol. The van der Waals surface area contributed by atoms with Crippen molar-refractivity contribution < 1.29 is 24.0 Å². The smallest absolute Gasteiger partial charge is 0.370 e. The first-order chi connectivity index (χ1) is 13.1. The molecule has 0 aliphatic carbocycles. The molecule has 1 aromatic heterocycles. The Morgan fingerprint density at radius 1 is 1.15 bits per heavy atom. The number of quaternary nitrogens is 1. The molecule has 6 heteroatoms. The highest BCUT2D eigenvalue weighted by Gasteiger charge is 2.28. The maximum absolute atomic E-state index is 12.8. The number of hydrogen-bond acceptors (Lipinski definition) is 5. The third-order valence-electron chi connectivity index (χ3n) is 4.64. The zero-order chi connectivity index (χ0) is 18.8. The summed E-state index contributed by atoms with van der Waals surface area (Å²) in [5, 5.41) is 2.36. The lowest BCUT2D eigenvalue weighted by Gasteiger charge is -2.10. The summed E-state index contributed by atoms with van der Waals surface area (Å²) in [4.78, 5) is 25.0. The van der Waals surface area contributed by atoms with Crippen molar-refractivity contribution >= 4 is 16.9 Å². The van der Waals surface area contributed by atoms with Crippen molar-refractivity contribution in [2.45, 2.75) is 25.8 Å². The van der Waals surface area contributed by atoms with E-state index in [-0.39, 0.29) is 23.2 Å². The predicted octanol–water partition coefficient (Wildman–Crippen LogP) is 2.52. The molecule has 0 radical (unpaired) electrons. The zero-order valence-corrected chi connectivity index (χ0v) is 14.9. The second-order valence-electron chi connectivity index (χ2n) is 6.58. The fraction of sp³-hybridized carbons (Fsp3) is 0.238. The molecule has 4 rings (SSSR count). The van der Waals surface area contributed by atoms with Crippen molar-refractivity contribution in [2.24, 2.45) is 0 Å². The van der Waals surface area contributed by atoms with Gasteiger partial charge in [-0.3, -0.25) is 4.79 Å². The first-order valence-electron chi connectivity index (χ1n) is 8.97. The van der Waals surface area contributed by atoms with Gasteiger partial charge in [-0.1, -0.05) is 18.2 Å². The number of nitrogens with two attached hydrogens (primary N) is 1. The highest BCUT2D eigenvalue weighted by molar-refractivity contribution is 5.82.